The molecule has 1 unspecified atom stereocenters. The molecule has 4 rings (SSSR count). The quantitative estimate of drug-likeness (QED) is 0.595. The molecule has 4 aromatic rings. The number of hydrogen-bond acceptors (Lipinski definition) is 5. The molecule has 0 fully saturated rings. The van der Waals surface area contributed by atoms with Crippen LogP contribution >= 0.6 is 0 Å². The van der Waals surface area contributed by atoms with Crippen LogP contribution in [0, 0.1) is 0 Å². The number of carbonyl (C=O) groups is 1. The fraction of sp³-hybridized carbons (Fsp3) is 0.167. The molecule has 0 bridgehead atoms. The van der Waals surface area contributed by atoms with Gasteiger partial charge in [-0.3, -0.25) is 9.20 Å². The maximum Gasteiger partial charge on any atom is 0.274 e. The molecule has 26 heavy (non-hydrogen) atoms. The second-order valence-electron chi connectivity index (χ2n) is 5.97. The van der Waals surface area contributed by atoms with Gasteiger partial charge in [-0.15, -0.1) is 15.3 Å². The van der Waals surface area contributed by atoms with E-state index in [9.17, 15) is 4.79 Å². The topological polar surface area (TPSA) is 90.0 Å². The molecule has 1 N–H and O–H groups in total. The molecule has 3 aromatic heterocycles. The van der Waals surface area contributed by atoms with Crippen molar-refractivity contribution in [3.8, 4) is 0 Å². The highest BCUT2D eigenvalue weighted by atomic mass is 16.2. The van der Waals surface area contributed by atoms with E-state index in [1.54, 1.807) is 10.9 Å². The Morgan fingerprint density at radius 2 is 1.88 bits per heavy atom. The van der Waals surface area contributed by atoms with Crippen molar-refractivity contribution in [1.29, 1.82) is 0 Å². The zero-order valence-corrected chi connectivity index (χ0v) is 14.1. The van der Waals surface area contributed by atoms with Gasteiger partial charge in [-0.25, -0.2) is 4.68 Å². The molecule has 3 heterocycles. The summed E-state index contributed by atoms with van der Waals surface area (Å²) in [5, 5.41) is 19.1. The van der Waals surface area contributed by atoms with E-state index in [2.05, 4.69) is 25.8 Å². The summed E-state index contributed by atoms with van der Waals surface area (Å²) in [6, 6.07) is 15.2. The highest BCUT2D eigenvalue weighted by Crippen LogP contribution is 2.12. The van der Waals surface area contributed by atoms with Crippen LogP contribution in [0.3, 0.4) is 0 Å². The number of carbonyl (C=O) groups excluding carboxylic acids is 1. The number of aromatic nitrogens is 6. The van der Waals surface area contributed by atoms with Gasteiger partial charge in [-0.05, 0) is 24.6 Å². The van der Waals surface area contributed by atoms with E-state index < -0.39 is 0 Å². The van der Waals surface area contributed by atoms with Crippen LogP contribution in [0.25, 0.3) is 5.65 Å². The summed E-state index contributed by atoms with van der Waals surface area (Å²) < 4.78 is 3.48. The number of fused-ring (bicyclic) bond motifs is 1. The van der Waals surface area contributed by atoms with Crippen LogP contribution < -0.4 is 5.32 Å². The first kappa shape index (κ1) is 15.9. The second kappa shape index (κ2) is 6.75. The normalized spacial score (nSPS) is 12.2. The van der Waals surface area contributed by atoms with Crippen LogP contribution in [0.4, 0.5) is 0 Å². The average Bonchev–Trinajstić information content (AvgIpc) is 3.29. The lowest BCUT2D eigenvalue weighted by atomic mass is 10.2. The number of rotatable bonds is 5. The van der Waals surface area contributed by atoms with Crippen molar-refractivity contribution in [3.05, 3.63) is 78.0 Å². The third-order valence-corrected chi connectivity index (χ3v) is 4.03. The molecule has 8 nitrogen and oxygen atoms in total. The lowest BCUT2D eigenvalue weighted by Gasteiger charge is -2.10. The van der Waals surface area contributed by atoms with Gasteiger partial charge >= 0.3 is 0 Å². The number of amides is 1. The van der Waals surface area contributed by atoms with E-state index in [0.29, 0.717) is 12.4 Å². The fourth-order valence-corrected chi connectivity index (χ4v) is 2.74. The Morgan fingerprint density at radius 1 is 1.08 bits per heavy atom. The summed E-state index contributed by atoms with van der Waals surface area (Å²) >= 11 is 0. The third-order valence-electron chi connectivity index (χ3n) is 4.03. The van der Waals surface area contributed by atoms with E-state index in [0.717, 1.165) is 11.2 Å². The van der Waals surface area contributed by atoms with E-state index >= 15 is 0 Å². The first-order chi connectivity index (χ1) is 12.7. The zero-order chi connectivity index (χ0) is 17.9. The SMILES string of the molecule is CC(NC(=O)c1cn(Cc2ccccc2)nn1)c1nnc2ccccn12. The molecule has 0 saturated carbocycles. The molecule has 0 aliphatic rings. The zero-order valence-electron chi connectivity index (χ0n) is 14.1. The van der Waals surface area contributed by atoms with Gasteiger partial charge in [0.2, 0.25) is 0 Å². The first-order valence-electron chi connectivity index (χ1n) is 8.25. The van der Waals surface area contributed by atoms with Crippen molar-refractivity contribution in [3.63, 3.8) is 0 Å². The standard InChI is InChI=1S/C18H17N7O/c1-13(17-22-21-16-9-5-6-10-25(16)17)19-18(26)15-12-24(23-20-15)11-14-7-3-2-4-8-14/h2-10,12-13H,11H2,1H3,(H,19,26). The van der Waals surface area contributed by atoms with E-state index in [4.69, 9.17) is 0 Å². The highest BCUT2D eigenvalue weighted by molar-refractivity contribution is 5.92. The van der Waals surface area contributed by atoms with Gasteiger partial charge in [0.25, 0.3) is 5.91 Å². The number of hydrogen-bond donors (Lipinski definition) is 1. The van der Waals surface area contributed by atoms with Gasteiger partial charge in [-0.2, -0.15) is 0 Å². The van der Waals surface area contributed by atoms with Gasteiger partial charge in [0.05, 0.1) is 18.8 Å². The summed E-state index contributed by atoms with van der Waals surface area (Å²) in [5.41, 5.74) is 2.09. The number of benzene rings is 1. The molecule has 1 amide bonds. The molecule has 0 aliphatic heterocycles. The predicted octanol–water partition coefficient (Wildman–Crippen LogP) is 1.86. The smallest absolute Gasteiger partial charge is 0.274 e. The molecular weight excluding hydrogens is 330 g/mol. The van der Waals surface area contributed by atoms with Crippen molar-refractivity contribution < 1.29 is 4.79 Å². The predicted molar refractivity (Wildman–Crippen MR) is 94.4 cm³/mol. The molecule has 1 atom stereocenters. The van der Waals surface area contributed by atoms with E-state index in [1.165, 1.54) is 0 Å². The Kier molecular flexibility index (Phi) is 4.14. The second-order valence-corrected chi connectivity index (χ2v) is 5.97. The van der Waals surface area contributed by atoms with Crippen LogP contribution in [-0.4, -0.2) is 35.5 Å². The van der Waals surface area contributed by atoms with Gasteiger partial charge in [0.15, 0.2) is 17.2 Å². The average molecular weight is 347 g/mol. The van der Waals surface area contributed by atoms with Crippen molar-refractivity contribution in [2.45, 2.75) is 19.5 Å². The van der Waals surface area contributed by atoms with Crippen LogP contribution in [0.2, 0.25) is 0 Å². The molecule has 0 saturated heterocycles. The maximum atomic E-state index is 12.5. The van der Waals surface area contributed by atoms with Crippen LogP contribution in [0.5, 0.6) is 0 Å². The molecule has 8 heteroatoms. The summed E-state index contributed by atoms with van der Waals surface area (Å²) in [4.78, 5) is 12.5. The molecule has 0 spiro atoms. The van der Waals surface area contributed by atoms with Crippen molar-refractivity contribution in [2.24, 2.45) is 0 Å². The molecule has 0 aliphatic carbocycles. The highest BCUT2D eigenvalue weighted by Gasteiger charge is 2.18. The minimum Gasteiger partial charge on any atom is -0.341 e. The minimum atomic E-state index is -0.320. The van der Waals surface area contributed by atoms with E-state index in [-0.39, 0.29) is 17.6 Å². The first-order valence-corrected chi connectivity index (χ1v) is 8.25. The third kappa shape index (κ3) is 3.16. The van der Waals surface area contributed by atoms with Gasteiger partial charge in [0.1, 0.15) is 0 Å². The van der Waals surface area contributed by atoms with Crippen LogP contribution in [-0.2, 0) is 6.54 Å². The molecule has 130 valence electrons. The Bertz CT molecular complexity index is 1040. The van der Waals surface area contributed by atoms with Crippen LogP contribution in [0.1, 0.15) is 34.8 Å². The van der Waals surface area contributed by atoms with Crippen LogP contribution in [0.15, 0.2) is 60.9 Å². The van der Waals surface area contributed by atoms with Gasteiger partial charge in [0, 0.05) is 6.20 Å². The monoisotopic (exact) mass is 347 g/mol. The summed E-state index contributed by atoms with van der Waals surface area (Å²) in [5.74, 6) is 0.357. The summed E-state index contributed by atoms with van der Waals surface area (Å²) in [7, 11) is 0. The molecule has 1 aromatic carbocycles. The Labute approximate surface area is 149 Å². The summed E-state index contributed by atoms with van der Waals surface area (Å²) in [6.45, 7) is 2.42. The number of pyridine rings is 1. The minimum absolute atomic E-state index is 0.265. The Morgan fingerprint density at radius 3 is 2.73 bits per heavy atom. The molecular formula is C18H17N7O. The van der Waals surface area contributed by atoms with Crippen molar-refractivity contribution in [1.82, 2.24) is 34.9 Å². The largest absolute Gasteiger partial charge is 0.341 e. The van der Waals surface area contributed by atoms with Crippen molar-refractivity contribution >= 4 is 11.6 Å². The lowest BCUT2D eigenvalue weighted by molar-refractivity contribution is 0.0933. The fourth-order valence-electron chi connectivity index (χ4n) is 2.74. The van der Waals surface area contributed by atoms with E-state index in [1.807, 2.05) is 66.1 Å². The Balaban J connectivity index is 1.46. The lowest BCUT2D eigenvalue weighted by Crippen LogP contribution is -2.28. The maximum absolute atomic E-state index is 12.5. The van der Waals surface area contributed by atoms with Gasteiger partial charge in [-0.1, -0.05) is 41.6 Å². The van der Waals surface area contributed by atoms with Gasteiger partial charge < -0.3 is 5.32 Å². The van der Waals surface area contributed by atoms with Crippen molar-refractivity contribution in [2.75, 3.05) is 0 Å². The number of nitrogens with zero attached hydrogens (tertiary/aromatic N) is 6. The molecule has 0 radical (unpaired) electrons. The summed E-state index contributed by atoms with van der Waals surface area (Å²) in [6.07, 6.45) is 3.50. The Hall–Kier alpha value is -3.55. The number of nitrogens with one attached hydrogen (secondary N) is 1.